The molecule has 1 rings (SSSR count). The van der Waals surface area contributed by atoms with Crippen molar-refractivity contribution in [2.75, 3.05) is 19.9 Å². The van der Waals surface area contributed by atoms with Gasteiger partial charge in [0.25, 0.3) is 0 Å². The molecule has 3 heteroatoms. The predicted octanol–water partition coefficient (Wildman–Crippen LogP) is 1.56. The molecule has 0 aliphatic heterocycles. The van der Waals surface area contributed by atoms with E-state index in [9.17, 15) is 0 Å². The number of hydrogen-bond acceptors (Lipinski definition) is 3. The van der Waals surface area contributed by atoms with Crippen LogP contribution in [0.25, 0.3) is 0 Å². The van der Waals surface area contributed by atoms with Crippen LogP contribution in [-0.4, -0.2) is 14.2 Å². The number of ether oxygens (including phenoxy) is 1. The van der Waals surface area contributed by atoms with Crippen LogP contribution in [0.5, 0.6) is 5.75 Å². The average molecular weight is 180 g/mol. The van der Waals surface area contributed by atoms with E-state index in [1.165, 1.54) is 5.56 Å². The van der Waals surface area contributed by atoms with Crippen LogP contribution in [0.4, 0.5) is 5.69 Å². The highest BCUT2D eigenvalue weighted by molar-refractivity contribution is 5.54. The fourth-order valence-corrected chi connectivity index (χ4v) is 1.16. The zero-order chi connectivity index (χ0) is 9.84. The van der Waals surface area contributed by atoms with Crippen molar-refractivity contribution in [3.05, 3.63) is 23.8 Å². The van der Waals surface area contributed by atoms with Gasteiger partial charge in [0, 0.05) is 6.04 Å². The van der Waals surface area contributed by atoms with Gasteiger partial charge in [-0.2, -0.15) is 0 Å². The average Bonchev–Trinajstić information content (AvgIpc) is 2.17. The predicted molar refractivity (Wildman–Crippen MR) is 54.9 cm³/mol. The molecule has 13 heavy (non-hydrogen) atoms. The Hall–Kier alpha value is -1.22. The van der Waals surface area contributed by atoms with Crippen molar-refractivity contribution in [2.24, 2.45) is 0 Å². The van der Waals surface area contributed by atoms with Gasteiger partial charge in [-0.05, 0) is 31.7 Å². The zero-order valence-corrected chi connectivity index (χ0v) is 8.29. The van der Waals surface area contributed by atoms with E-state index < -0.39 is 0 Å². The second kappa shape index (κ2) is 4.14. The van der Waals surface area contributed by atoms with Crippen LogP contribution in [0.3, 0.4) is 0 Å². The van der Waals surface area contributed by atoms with E-state index in [1.807, 2.05) is 25.2 Å². The molecule has 1 atom stereocenters. The summed E-state index contributed by atoms with van der Waals surface area (Å²) in [4.78, 5) is 0. The molecule has 3 N–H and O–H groups in total. The minimum absolute atomic E-state index is 0.314. The summed E-state index contributed by atoms with van der Waals surface area (Å²) in [6, 6.07) is 6.13. The highest BCUT2D eigenvalue weighted by Gasteiger charge is 2.05. The number of nitrogens with one attached hydrogen (secondary N) is 1. The molecule has 0 fully saturated rings. The van der Waals surface area contributed by atoms with E-state index in [4.69, 9.17) is 10.5 Å². The molecule has 0 saturated carbocycles. The summed E-state index contributed by atoms with van der Waals surface area (Å²) in [6.45, 7) is 2.09. The van der Waals surface area contributed by atoms with E-state index in [0.29, 0.717) is 11.7 Å². The lowest BCUT2D eigenvalue weighted by atomic mass is 10.1. The molecule has 0 heterocycles. The van der Waals surface area contributed by atoms with Crippen LogP contribution in [-0.2, 0) is 0 Å². The standard InChI is InChI=1S/C10H16N2O/c1-7(12-2)8-4-5-9(11)10(6-8)13-3/h4-7,12H,11H2,1-3H3. The van der Waals surface area contributed by atoms with Crippen LogP contribution in [0.1, 0.15) is 18.5 Å². The zero-order valence-electron chi connectivity index (χ0n) is 8.29. The normalized spacial score (nSPS) is 12.5. The minimum atomic E-state index is 0.314. The Balaban J connectivity index is 2.99. The van der Waals surface area contributed by atoms with Gasteiger partial charge in [0.05, 0.1) is 12.8 Å². The molecule has 1 unspecified atom stereocenters. The summed E-state index contributed by atoms with van der Waals surface area (Å²) < 4.78 is 5.13. The second-order valence-corrected chi connectivity index (χ2v) is 3.01. The summed E-state index contributed by atoms with van der Waals surface area (Å²) in [7, 11) is 3.55. The van der Waals surface area contributed by atoms with Crippen LogP contribution in [0.2, 0.25) is 0 Å². The van der Waals surface area contributed by atoms with Gasteiger partial charge in [-0.1, -0.05) is 6.07 Å². The first-order valence-electron chi connectivity index (χ1n) is 4.29. The van der Waals surface area contributed by atoms with E-state index in [-0.39, 0.29) is 0 Å². The molecule has 0 amide bonds. The third-order valence-corrected chi connectivity index (χ3v) is 2.19. The Morgan fingerprint density at radius 3 is 2.69 bits per heavy atom. The number of anilines is 1. The van der Waals surface area contributed by atoms with Gasteiger partial charge in [-0.3, -0.25) is 0 Å². The van der Waals surface area contributed by atoms with Crippen LogP contribution < -0.4 is 15.8 Å². The van der Waals surface area contributed by atoms with Crippen molar-refractivity contribution in [1.82, 2.24) is 5.32 Å². The first kappa shape index (κ1) is 9.86. The third-order valence-electron chi connectivity index (χ3n) is 2.19. The van der Waals surface area contributed by atoms with Gasteiger partial charge in [0.2, 0.25) is 0 Å². The lowest BCUT2D eigenvalue weighted by Crippen LogP contribution is -2.12. The number of nitrogens with two attached hydrogens (primary N) is 1. The Kier molecular flexibility index (Phi) is 3.14. The fourth-order valence-electron chi connectivity index (χ4n) is 1.16. The van der Waals surface area contributed by atoms with Crippen molar-refractivity contribution in [2.45, 2.75) is 13.0 Å². The topological polar surface area (TPSA) is 47.3 Å². The minimum Gasteiger partial charge on any atom is -0.495 e. The van der Waals surface area contributed by atoms with Gasteiger partial charge in [-0.25, -0.2) is 0 Å². The monoisotopic (exact) mass is 180 g/mol. The molecule has 1 aromatic carbocycles. The summed E-state index contributed by atoms with van der Waals surface area (Å²) in [5.41, 5.74) is 7.55. The molecule has 0 aliphatic rings. The van der Waals surface area contributed by atoms with Gasteiger partial charge < -0.3 is 15.8 Å². The summed E-state index contributed by atoms with van der Waals surface area (Å²) in [6.07, 6.45) is 0. The van der Waals surface area contributed by atoms with E-state index in [0.717, 1.165) is 5.75 Å². The van der Waals surface area contributed by atoms with Gasteiger partial charge >= 0.3 is 0 Å². The summed E-state index contributed by atoms with van der Waals surface area (Å²) >= 11 is 0. The molecule has 0 radical (unpaired) electrons. The molecular formula is C10H16N2O. The van der Waals surface area contributed by atoms with Gasteiger partial charge in [0.15, 0.2) is 0 Å². The molecule has 0 bridgehead atoms. The Labute approximate surface area is 78.9 Å². The number of nitrogen functional groups attached to an aromatic ring is 1. The first-order valence-corrected chi connectivity index (χ1v) is 4.29. The molecule has 72 valence electrons. The van der Waals surface area contributed by atoms with Crippen LogP contribution >= 0.6 is 0 Å². The van der Waals surface area contributed by atoms with Gasteiger partial charge in [-0.15, -0.1) is 0 Å². The largest absolute Gasteiger partial charge is 0.495 e. The molecule has 1 aromatic rings. The van der Waals surface area contributed by atoms with E-state index in [1.54, 1.807) is 7.11 Å². The maximum Gasteiger partial charge on any atom is 0.142 e. The van der Waals surface area contributed by atoms with Crippen molar-refractivity contribution < 1.29 is 4.74 Å². The van der Waals surface area contributed by atoms with E-state index in [2.05, 4.69) is 12.2 Å². The highest BCUT2D eigenvalue weighted by Crippen LogP contribution is 2.25. The quantitative estimate of drug-likeness (QED) is 0.694. The van der Waals surface area contributed by atoms with Crippen LogP contribution in [0.15, 0.2) is 18.2 Å². The molecule has 0 aliphatic carbocycles. The lowest BCUT2D eigenvalue weighted by molar-refractivity contribution is 0.416. The first-order chi connectivity index (χ1) is 6.19. The molecule has 0 saturated heterocycles. The Morgan fingerprint density at radius 2 is 2.15 bits per heavy atom. The maximum absolute atomic E-state index is 5.70. The van der Waals surface area contributed by atoms with Crippen molar-refractivity contribution in [1.29, 1.82) is 0 Å². The fraction of sp³-hybridized carbons (Fsp3) is 0.400. The van der Waals surface area contributed by atoms with Gasteiger partial charge in [0.1, 0.15) is 5.75 Å². The SMILES string of the molecule is CNC(C)c1ccc(N)c(OC)c1. The molecule has 3 nitrogen and oxygen atoms in total. The van der Waals surface area contributed by atoms with Crippen molar-refractivity contribution in [3.63, 3.8) is 0 Å². The number of hydrogen-bond donors (Lipinski definition) is 2. The summed E-state index contributed by atoms with van der Waals surface area (Å²) in [5.74, 6) is 0.736. The second-order valence-electron chi connectivity index (χ2n) is 3.01. The smallest absolute Gasteiger partial charge is 0.142 e. The molecular weight excluding hydrogens is 164 g/mol. The van der Waals surface area contributed by atoms with Crippen molar-refractivity contribution >= 4 is 5.69 Å². The van der Waals surface area contributed by atoms with E-state index >= 15 is 0 Å². The lowest BCUT2D eigenvalue weighted by Gasteiger charge is -2.12. The Bertz CT molecular complexity index is 286. The molecule has 0 spiro atoms. The van der Waals surface area contributed by atoms with Crippen LogP contribution in [0, 0.1) is 0 Å². The molecule has 0 aromatic heterocycles. The third kappa shape index (κ3) is 2.12. The number of rotatable bonds is 3. The maximum atomic E-state index is 5.70. The summed E-state index contributed by atoms with van der Waals surface area (Å²) in [5, 5.41) is 3.16. The Morgan fingerprint density at radius 1 is 1.46 bits per heavy atom. The number of benzene rings is 1. The highest BCUT2D eigenvalue weighted by atomic mass is 16.5. The van der Waals surface area contributed by atoms with Crippen molar-refractivity contribution in [3.8, 4) is 5.75 Å². The number of methoxy groups -OCH3 is 1.